The molecule has 2 N–H and O–H groups in total. The highest BCUT2D eigenvalue weighted by atomic mass is 16.2. The molecule has 4 rings (SSSR count). The standard InChI is InChI=1S/C22H21N3O2/c1-2-14-7-3-4-10-18(14)24-21(26)16-13-17(16)22(27)25-19-11-5-8-15-9-6-12-23-20(15)19/h3-12,16-17H,2,13H2,1H3,(H,24,26)(H,25,27). The first kappa shape index (κ1) is 17.2. The number of aromatic nitrogens is 1. The number of carbonyl (C=O) groups excluding carboxylic acids is 2. The number of hydrogen-bond acceptors (Lipinski definition) is 3. The SMILES string of the molecule is CCc1ccccc1NC(=O)C1CC1C(=O)Nc1cccc2cccnc12. The summed E-state index contributed by atoms with van der Waals surface area (Å²) in [4.78, 5) is 29.5. The number of aryl methyl sites for hydroxylation is 1. The summed E-state index contributed by atoms with van der Waals surface area (Å²) >= 11 is 0. The Balaban J connectivity index is 1.42. The fourth-order valence-electron chi connectivity index (χ4n) is 3.38. The molecular formula is C22H21N3O2. The average molecular weight is 359 g/mol. The van der Waals surface area contributed by atoms with E-state index in [9.17, 15) is 9.59 Å². The highest BCUT2D eigenvalue weighted by Gasteiger charge is 2.48. The van der Waals surface area contributed by atoms with Gasteiger partial charge in [-0.25, -0.2) is 0 Å². The minimum absolute atomic E-state index is 0.0907. The lowest BCUT2D eigenvalue weighted by Crippen LogP contribution is -2.21. The Bertz CT molecular complexity index is 1010. The molecule has 1 saturated carbocycles. The van der Waals surface area contributed by atoms with Crippen LogP contribution in [0.4, 0.5) is 11.4 Å². The molecule has 3 aromatic rings. The van der Waals surface area contributed by atoms with Crippen LogP contribution in [0.2, 0.25) is 0 Å². The van der Waals surface area contributed by atoms with Crippen LogP contribution in [0.25, 0.3) is 10.9 Å². The summed E-state index contributed by atoms with van der Waals surface area (Å²) in [6, 6.07) is 17.3. The van der Waals surface area contributed by atoms with Crippen molar-refractivity contribution in [3.05, 3.63) is 66.4 Å². The second-order valence-corrected chi connectivity index (χ2v) is 6.82. The zero-order valence-electron chi connectivity index (χ0n) is 15.1. The lowest BCUT2D eigenvalue weighted by molar-refractivity contribution is -0.122. The van der Waals surface area contributed by atoms with Crippen molar-refractivity contribution in [1.82, 2.24) is 4.98 Å². The number of nitrogens with one attached hydrogen (secondary N) is 2. The van der Waals surface area contributed by atoms with Crippen LogP contribution in [-0.4, -0.2) is 16.8 Å². The largest absolute Gasteiger partial charge is 0.326 e. The number of fused-ring (bicyclic) bond motifs is 1. The Morgan fingerprint density at radius 2 is 1.59 bits per heavy atom. The third-order valence-corrected chi connectivity index (χ3v) is 5.01. The molecule has 0 spiro atoms. The monoisotopic (exact) mass is 359 g/mol. The summed E-state index contributed by atoms with van der Waals surface area (Å²) in [6.07, 6.45) is 3.12. The number of nitrogens with zero attached hydrogens (tertiary/aromatic N) is 1. The fourth-order valence-corrected chi connectivity index (χ4v) is 3.38. The minimum Gasteiger partial charge on any atom is -0.326 e. The van der Waals surface area contributed by atoms with E-state index in [1.165, 1.54) is 0 Å². The fraction of sp³-hybridized carbons (Fsp3) is 0.227. The predicted molar refractivity (Wildman–Crippen MR) is 106 cm³/mol. The molecule has 1 fully saturated rings. The topological polar surface area (TPSA) is 71.1 Å². The van der Waals surface area contributed by atoms with Gasteiger partial charge in [0.1, 0.15) is 0 Å². The molecule has 5 heteroatoms. The Hall–Kier alpha value is -3.21. The van der Waals surface area contributed by atoms with Crippen LogP contribution in [0, 0.1) is 11.8 Å². The first-order valence-electron chi connectivity index (χ1n) is 9.20. The van der Waals surface area contributed by atoms with Gasteiger partial charge in [0.05, 0.1) is 23.0 Å². The molecule has 5 nitrogen and oxygen atoms in total. The third-order valence-electron chi connectivity index (χ3n) is 5.01. The van der Waals surface area contributed by atoms with Crippen molar-refractivity contribution >= 4 is 34.1 Å². The van der Waals surface area contributed by atoms with Crippen LogP contribution in [0.1, 0.15) is 18.9 Å². The first-order chi connectivity index (χ1) is 13.2. The molecule has 0 bridgehead atoms. The molecule has 0 aliphatic heterocycles. The third kappa shape index (κ3) is 3.53. The number of pyridine rings is 1. The van der Waals surface area contributed by atoms with Crippen molar-refractivity contribution in [2.45, 2.75) is 19.8 Å². The molecule has 2 atom stereocenters. The number of para-hydroxylation sites is 2. The van der Waals surface area contributed by atoms with Crippen molar-refractivity contribution in [1.29, 1.82) is 0 Å². The zero-order valence-corrected chi connectivity index (χ0v) is 15.1. The highest BCUT2D eigenvalue weighted by Crippen LogP contribution is 2.40. The minimum atomic E-state index is -0.294. The Morgan fingerprint density at radius 3 is 2.37 bits per heavy atom. The maximum Gasteiger partial charge on any atom is 0.228 e. The summed E-state index contributed by atoms with van der Waals surface area (Å²) < 4.78 is 0. The van der Waals surface area contributed by atoms with E-state index in [1.54, 1.807) is 6.20 Å². The quantitative estimate of drug-likeness (QED) is 0.723. The van der Waals surface area contributed by atoms with Gasteiger partial charge in [-0.15, -0.1) is 0 Å². The summed E-state index contributed by atoms with van der Waals surface area (Å²) in [6.45, 7) is 2.05. The maximum atomic E-state index is 12.6. The molecule has 2 aromatic carbocycles. The van der Waals surface area contributed by atoms with Gasteiger partial charge in [-0.1, -0.05) is 43.3 Å². The summed E-state index contributed by atoms with van der Waals surface area (Å²) in [5.74, 6) is -0.792. The van der Waals surface area contributed by atoms with Crippen molar-refractivity contribution in [3.63, 3.8) is 0 Å². The van der Waals surface area contributed by atoms with E-state index in [0.29, 0.717) is 12.1 Å². The van der Waals surface area contributed by atoms with Gasteiger partial charge in [-0.3, -0.25) is 14.6 Å². The molecule has 1 aromatic heterocycles. The van der Waals surface area contributed by atoms with E-state index in [1.807, 2.05) is 54.6 Å². The van der Waals surface area contributed by atoms with E-state index < -0.39 is 0 Å². The van der Waals surface area contributed by atoms with Crippen molar-refractivity contribution < 1.29 is 9.59 Å². The van der Waals surface area contributed by atoms with Gasteiger partial charge in [0.15, 0.2) is 0 Å². The molecular weight excluding hydrogens is 338 g/mol. The molecule has 1 aliphatic carbocycles. The molecule has 1 aliphatic rings. The molecule has 136 valence electrons. The highest BCUT2D eigenvalue weighted by molar-refractivity contribution is 6.06. The van der Waals surface area contributed by atoms with E-state index in [0.717, 1.165) is 28.6 Å². The number of carbonyl (C=O) groups is 2. The first-order valence-corrected chi connectivity index (χ1v) is 9.20. The second kappa shape index (κ2) is 7.19. The smallest absolute Gasteiger partial charge is 0.228 e. The van der Waals surface area contributed by atoms with Crippen molar-refractivity contribution in [3.8, 4) is 0 Å². The van der Waals surface area contributed by atoms with E-state index in [2.05, 4.69) is 22.5 Å². The predicted octanol–water partition coefficient (Wildman–Crippen LogP) is 4.01. The van der Waals surface area contributed by atoms with E-state index >= 15 is 0 Å². The van der Waals surface area contributed by atoms with Crippen LogP contribution in [0.5, 0.6) is 0 Å². The lowest BCUT2D eigenvalue weighted by Gasteiger charge is -2.10. The Kier molecular flexibility index (Phi) is 4.59. The summed E-state index contributed by atoms with van der Waals surface area (Å²) in [5.41, 5.74) is 3.36. The lowest BCUT2D eigenvalue weighted by atomic mass is 10.1. The zero-order chi connectivity index (χ0) is 18.8. The molecule has 1 heterocycles. The number of hydrogen-bond donors (Lipinski definition) is 2. The van der Waals surface area contributed by atoms with Gasteiger partial charge in [0.25, 0.3) is 0 Å². The number of amides is 2. The molecule has 2 amide bonds. The van der Waals surface area contributed by atoms with Crippen molar-refractivity contribution in [2.75, 3.05) is 10.6 Å². The summed E-state index contributed by atoms with van der Waals surface area (Å²) in [5, 5.41) is 6.88. The van der Waals surface area contributed by atoms with Crippen LogP contribution >= 0.6 is 0 Å². The van der Waals surface area contributed by atoms with Crippen LogP contribution in [-0.2, 0) is 16.0 Å². The van der Waals surface area contributed by atoms with Gasteiger partial charge >= 0.3 is 0 Å². The van der Waals surface area contributed by atoms with Crippen LogP contribution < -0.4 is 10.6 Å². The average Bonchev–Trinajstić information content (AvgIpc) is 3.50. The van der Waals surface area contributed by atoms with Gasteiger partial charge in [-0.2, -0.15) is 0 Å². The molecule has 0 saturated heterocycles. The number of anilines is 2. The van der Waals surface area contributed by atoms with Gasteiger partial charge in [-0.05, 0) is 36.6 Å². The van der Waals surface area contributed by atoms with E-state index in [-0.39, 0.29) is 23.7 Å². The molecule has 0 radical (unpaired) electrons. The normalized spacial score (nSPS) is 18.1. The van der Waals surface area contributed by atoms with Gasteiger partial charge < -0.3 is 10.6 Å². The van der Waals surface area contributed by atoms with Crippen molar-refractivity contribution in [2.24, 2.45) is 11.8 Å². The number of rotatable bonds is 5. The van der Waals surface area contributed by atoms with E-state index in [4.69, 9.17) is 0 Å². The number of benzene rings is 2. The van der Waals surface area contributed by atoms with Crippen LogP contribution in [0.3, 0.4) is 0 Å². The maximum absolute atomic E-state index is 12.6. The van der Waals surface area contributed by atoms with Gasteiger partial charge in [0.2, 0.25) is 11.8 Å². The Morgan fingerprint density at radius 1 is 0.926 bits per heavy atom. The summed E-state index contributed by atoms with van der Waals surface area (Å²) in [7, 11) is 0. The second-order valence-electron chi connectivity index (χ2n) is 6.82. The van der Waals surface area contributed by atoms with Crippen LogP contribution in [0.15, 0.2) is 60.8 Å². The van der Waals surface area contributed by atoms with Gasteiger partial charge in [0, 0.05) is 17.3 Å². The Labute approximate surface area is 157 Å². The molecule has 27 heavy (non-hydrogen) atoms. The molecule has 2 unspecified atom stereocenters.